The fourth-order valence-electron chi connectivity index (χ4n) is 3.15. The van der Waals surface area contributed by atoms with E-state index in [4.69, 9.17) is 16.3 Å². The second-order valence-electron chi connectivity index (χ2n) is 6.91. The molecule has 0 aliphatic carbocycles. The van der Waals surface area contributed by atoms with Crippen molar-refractivity contribution in [2.24, 2.45) is 5.92 Å². The highest BCUT2D eigenvalue weighted by atomic mass is 35.5. The quantitative estimate of drug-likeness (QED) is 0.752. The van der Waals surface area contributed by atoms with E-state index in [9.17, 15) is 18.8 Å². The normalized spacial score (nSPS) is 16.1. The lowest BCUT2D eigenvalue weighted by Crippen LogP contribution is -2.28. The highest BCUT2D eigenvalue weighted by Gasteiger charge is 2.37. The molecule has 2 aromatic carbocycles. The second kappa shape index (κ2) is 8.61. The van der Waals surface area contributed by atoms with Gasteiger partial charge in [0.05, 0.1) is 10.9 Å². The maximum absolute atomic E-state index is 13.2. The van der Waals surface area contributed by atoms with Crippen LogP contribution < -0.4 is 10.2 Å². The Morgan fingerprint density at radius 3 is 2.76 bits per heavy atom. The van der Waals surface area contributed by atoms with Crippen LogP contribution >= 0.6 is 11.6 Å². The lowest BCUT2D eigenvalue weighted by Gasteiger charge is -2.20. The first kappa shape index (κ1) is 20.8. The van der Waals surface area contributed by atoms with Gasteiger partial charge in [0.1, 0.15) is 5.82 Å². The molecule has 2 aromatic rings. The van der Waals surface area contributed by atoms with E-state index >= 15 is 0 Å². The molecule has 1 N–H and O–H groups in total. The molecule has 6 nitrogen and oxygen atoms in total. The number of esters is 1. The topological polar surface area (TPSA) is 75.7 Å². The van der Waals surface area contributed by atoms with Gasteiger partial charge < -0.3 is 15.0 Å². The van der Waals surface area contributed by atoms with Gasteiger partial charge in [0.15, 0.2) is 6.61 Å². The fourth-order valence-corrected chi connectivity index (χ4v) is 3.33. The van der Waals surface area contributed by atoms with Crippen molar-refractivity contribution in [2.45, 2.75) is 20.3 Å². The molecule has 1 fully saturated rings. The zero-order valence-electron chi connectivity index (χ0n) is 16.0. The van der Waals surface area contributed by atoms with Crippen LogP contribution in [0.4, 0.5) is 15.8 Å². The van der Waals surface area contributed by atoms with Gasteiger partial charge in [-0.15, -0.1) is 0 Å². The van der Waals surface area contributed by atoms with Crippen molar-refractivity contribution in [3.63, 3.8) is 0 Å². The average Bonchev–Trinajstić information content (AvgIpc) is 3.06. The Balaban J connectivity index is 1.56. The lowest BCUT2D eigenvalue weighted by atomic mass is 10.1. The maximum atomic E-state index is 13.2. The van der Waals surface area contributed by atoms with E-state index in [1.807, 2.05) is 32.0 Å². The van der Waals surface area contributed by atoms with Crippen LogP contribution in [0.25, 0.3) is 0 Å². The van der Waals surface area contributed by atoms with Gasteiger partial charge in [-0.2, -0.15) is 0 Å². The Morgan fingerprint density at radius 1 is 1.28 bits per heavy atom. The lowest BCUT2D eigenvalue weighted by molar-refractivity contribution is -0.151. The van der Waals surface area contributed by atoms with E-state index in [-0.39, 0.29) is 29.6 Å². The van der Waals surface area contributed by atoms with Gasteiger partial charge in [-0.25, -0.2) is 4.39 Å². The molecule has 8 heteroatoms. The van der Waals surface area contributed by atoms with Gasteiger partial charge >= 0.3 is 5.97 Å². The number of aryl methyl sites for hydroxylation is 1. The van der Waals surface area contributed by atoms with Crippen LogP contribution in [0.2, 0.25) is 5.02 Å². The first-order chi connectivity index (χ1) is 13.8. The van der Waals surface area contributed by atoms with E-state index in [2.05, 4.69) is 5.32 Å². The third-order valence-corrected chi connectivity index (χ3v) is 5.16. The van der Waals surface area contributed by atoms with Gasteiger partial charge in [0, 0.05) is 24.3 Å². The molecule has 1 heterocycles. The summed E-state index contributed by atoms with van der Waals surface area (Å²) in [6.07, 6.45) is 0.0292. The number of nitrogens with one attached hydrogen (secondary N) is 1. The number of nitrogens with zero attached hydrogens (tertiary/aromatic N) is 1. The minimum atomic E-state index is -0.643. The molecule has 0 aromatic heterocycles. The summed E-state index contributed by atoms with van der Waals surface area (Å²) in [7, 11) is 0. The molecule has 0 spiro atoms. The summed E-state index contributed by atoms with van der Waals surface area (Å²) in [5, 5.41) is 2.34. The van der Waals surface area contributed by atoms with Crippen molar-refractivity contribution >= 4 is 40.8 Å². The summed E-state index contributed by atoms with van der Waals surface area (Å²) in [5.41, 5.74) is 3.09. The Morgan fingerprint density at radius 2 is 2.03 bits per heavy atom. The molecular weight excluding hydrogens is 399 g/mol. The largest absolute Gasteiger partial charge is 0.455 e. The minimum absolute atomic E-state index is 0.0292. The van der Waals surface area contributed by atoms with E-state index in [1.165, 1.54) is 12.1 Å². The van der Waals surface area contributed by atoms with Gasteiger partial charge in [0.25, 0.3) is 5.91 Å². The Bertz CT molecular complexity index is 979. The Labute approximate surface area is 172 Å². The van der Waals surface area contributed by atoms with Gasteiger partial charge in [-0.1, -0.05) is 23.7 Å². The van der Waals surface area contributed by atoms with E-state index in [0.29, 0.717) is 0 Å². The van der Waals surface area contributed by atoms with E-state index < -0.39 is 30.2 Å². The molecule has 0 unspecified atom stereocenters. The molecule has 2 amide bonds. The molecule has 29 heavy (non-hydrogen) atoms. The summed E-state index contributed by atoms with van der Waals surface area (Å²) in [4.78, 5) is 38.2. The number of carbonyl (C=O) groups is 3. The van der Waals surface area contributed by atoms with Crippen molar-refractivity contribution in [3.05, 3.63) is 58.4 Å². The molecule has 0 saturated carbocycles. The van der Waals surface area contributed by atoms with E-state index in [0.717, 1.165) is 22.9 Å². The molecule has 1 saturated heterocycles. The molecular formula is C21H20ClFN2O4. The van der Waals surface area contributed by atoms with Crippen LogP contribution in [0.5, 0.6) is 0 Å². The Hall–Kier alpha value is -2.93. The van der Waals surface area contributed by atoms with Crippen molar-refractivity contribution < 1.29 is 23.5 Å². The first-order valence-corrected chi connectivity index (χ1v) is 9.42. The van der Waals surface area contributed by atoms with Crippen LogP contribution in [-0.2, 0) is 19.1 Å². The number of hydrogen-bond acceptors (Lipinski definition) is 4. The number of halogens is 2. The predicted octanol–water partition coefficient (Wildman–Crippen LogP) is 3.63. The molecule has 152 valence electrons. The van der Waals surface area contributed by atoms with Crippen molar-refractivity contribution in [3.8, 4) is 0 Å². The number of anilines is 2. The second-order valence-corrected chi connectivity index (χ2v) is 7.32. The predicted molar refractivity (Wildman–Crippen MR) is 107 cm³/mol. The third kappa shape index (κ3) is 4.74. The maximum Gasteiger partial charge on any atom is 0.311 e. The molecule has 0 radical (unpaired) electrons. The summed E-state index contributed by atoms with van der Waals surface area (Å²) < 4.78 is 18.2. The van der Waals surface area contributed by atoms with Crippen LogP contribution in [0, 0.1) is 25.6 Å². The molecule has 1 aliphatic heterocycles. The van der Waals surface area contributed by atoms with Crippen LogP contribution in [0.15, 0.2) is 36.4 Å². The van der Waals surface area contributed by atoms with E-state index in [1.54, 1.807) is 4.90 Å². The monoisotopic (exact) mass is 418 g/mol. The highest BCUT2D eigenvalue weighted by molar-refractivity contribution is 6.31. The number of benzene rings is 2. The smallest absolute Gasteiger partial charge is 0.311 e. The summed E-state index contributed by atoms with van der Waals surface area (Å²) >= 11 is 5.66. The summed E-state index contributed by atoms with van der Waals surface area (Å²) in [6, 6.07) is 9.39. The zero-order valence-corrected chi connectivity index (χ0v) is 16.8. The number of ether oxygens (including phenoxy) is 1. The molecule has 1 aliphatic rings. The summed E-state index contributed by atoms with van der Waals surface area (Å²) in [5.74, 6) is -2.60. The summed E-state index contributed by atoms with van der Waals surface area (Å²) in [6.45, 7) is 3.58. The minimum Gasteiger partial charge on any atom is -0.455 e. The van der Waals surface area contributed by atoms with Gasteiger partial charge in [0.2, 0.25) is 5.91 Å². The highest BCUT2D eigenvalue weighted by Crippen LogP contribution is 2.29. The number of rotatable bonds is 5. The zero-order chi connectivity index (χ0) is 21.1. The van der Waals surface area contributed by atoms with Crippen molar-refractivity contribution in [1.29, 1.82) is 0 Å². The van der Waals surface area contributed by atoms with Crippen molar-refractivity contribution in [1.82, 2.24) is 0 Å². The van der Waals surface area contributed by atoms with Gasteiger partial charge in [-0.3, -0.25) is 14.4 Å². The van der Waals surface area contributed by atoms with Crippen LogP contribution in [-0.4, -0.2) is 30.9 Å². The van der Waals surface area contributed by atoms with Crippen LogP contribution in [0.3, 0.4) is 0 Å². The number of hydrogen-bond donors (Lipinski definition) is 1. The SMILES string of the molecule is Cc1cccc(N2C[C@@H](C(=O)OCC(=O)Nc3ccc(F)c(Cl)c3)CC2=O)c1C. The number of carbonyl (C=O) groups excluding carboxylic acids is 3. The average molecular weight is 419 g/mol. The van der Waals surface area contributed by atoms with Crippen molar-refractivity contribution in [2.75, 3.05) is 23.4 Å². The standard InChI is InChI=1S/C21H20ClFN2O4/c1-12-4-3-5-18(13(12)2)25-10-14(8-20(25)27)21(28)29-11-19(26)24-15-6-7-17(23)16(22)9-15/h3-7,9,14H,8,10-11H2,1-2H3,(H,24,26)/t14-/m0/s1. The number of amides is 2. The molecule has 1 atom stereocenters. The fraction of sp³-hybridized carbons (Fsp3) is 0.286. The third-order valence-electron chi connectivity index (χ3n) is 4.87. The molecule has 3 rings (SSSR count). The Kier molecular flexibility index (Phi) is 6.17. The van der Waals surface area contributed by atoms with Crippen LogP contribution in [0.1, 0.15) is 17.5 Å². The first-order valence-electron chi connectivity index (χ1n) is 9.04. The van der Waals surface area contributed by atoms with Gasteiger partial charge in [-0.05, 0) is 49.2 Å². The molecule has 0 bridgehead atoms.